The third-order valence-corrected chi connectivity index (χ3v) is 5.15. The lowest BCUT2D eigenvalue weighted by Gasteiger charge is -2.29. The zero-order chi connectivity index (χ0) is 14.2. The van der Waals surface area contributed by atoms with Crippen molar-refractivity contribution in [3.63, 3.8) is 0 Å². The summed E-state index contributed by atoms with van der Waals surface area (Å²) in [6.45, 7) is 3.54. The molecule has 3 heterocycles. The number of carbonyl (C=O) groups excluding carboxylic acids is 1. The van der Waals surface area contributed by atoms with Gasteiger partial charge in [0, 0.05) is 25.0 Å². The van der Waals surface area contributed by atoms with Crippen LogP contribution < -0.4 is 10.1 Å². The Kier molecular flexibility index (Phi) is 3.34. The van der Waals surface area contributed by atoms with E-state index in [0.717, 1.165) is 51.3 Å². The Hall–Kier alpha value is -1.55. The van der Waals surface area contributed by atoms with Gasteiger partial charge < -0.3 is 15.0 Å². The molecule has 3 atom stereocenters. The summed E-state index contributed by atoms with van der Waals surface area (Å²) in [6, 6.07) is 8.63. The number of benzene rings is 1. The summed E-state index contributed by atoms with van der Waals surface area (Å²) in [5, 5.41) is 3.51. The van der Waals surface area contributed by atoms with E-state index in [9.17, 15) is 4.79 Å². The number of hydrogen-bond donors (Lipinski definition) is 1. The quantitative estimate of drug-likeness (QED) is 0.901. The average molecular weight is 286 g/mol. The van der Waals surface area contributed by atoms with E-state index < -0.39 is 0 Å². The van der Waals surface area contributed by atoms with E-state index in [0.29, 0.717) is 17.9 Å². The van der Waals surface area contributed by atoms with Gasteiger partial charge in [0.25, 0.3) is 0 Å². The van der Waals surface area contributed by atoms with Crippen molar-refractivity contribution in [2.75, 3.05) is 26.2 Å². The number of amides is 1. The molecular formula is C17H22N2O2. The van der Waals surface area contributed by atoms with E-state index in [1.54, 1.807) is 0 Å². The maximum atomic E-state index is 12.6. The molecule has 1 amide bonds. The minimum absolute atomic E-state index is 0.217. The summed E-state index contributed by atoms with van der Waals surface area (Å²) in [4.78, 5) is 14.7. The van der Waals surface area contributed by atoms with E-state index in [-0.39, 0.29) is 5.92 Å². The lowest BCUT2D eigenvalue weighted by molar-refractivity contribution is -0.131. The predicted molar refractivity (Wildman–Crippen MR) is 80.4 cm³/mol. The number of para-hydroxylation sites is 1. The zero-order valence-electron chi connectivity index (χ0n) is 12.3. The summed E-state index contributed by atoms with van der Waals surface area (Å²) in [7, 11) is 0. The highest BCUT2D eigenvalue weighted by Gasteiger charge is 2.42. The van der Waals surface area contributed by atoms with Crippen LogP contribution in [0.2, 0.25) is 0 Å². The van der Waals surface area contributed by atoms with Gasteiger partial charge in [-0.2, -0.15) is 0 Å². The van der Waals surface area contributed by atoms with E-state index in [1.807, 2.05) is 12.1 Å². The molecule has 112 valence electrons. The number of rotatable bonds is 2. The van der Waals surface area contributed by atoms with Crippen LogP contribution in [0.3, 0.4) is 0 Å². The van der Waals surface area contributed by atoms with Crippen LogP contribution in [-0.2, 0) is 4.79 Å². The molecule has 0 aromatic heterocycles. The van der Waals surface area contributed by atoms with Crippen LogP contribution >= 0.6 is 0 Å². The first-order valence-electron chi connectivity index (χ1n) is 8.07. The molecule has 2 fully saturated rings. The Labute approximate surface area is 125 Å². The fourth-order valence-corrected chi connectivity index (χ4v) is 4.04. The van der Waals surface area contributed by atoms with Crippen molar-refractivity contribution in [3.05, 3.63) is 29.8 Å². The Bertz CT molecular complexity index is 545. The van der Waals surface area contributed by atoms with Crippen LogP contribution in [0, 0.1) is 5.92 Å². The molecule has 2 saturated heterocycles. The summed E-state index contributed by atoms with van der Waals surface area (Å²) in [6.07, 6.45) is 3.18. The number of nitrogens with one attached hydrogen (secondary N) is 1. The molecule has 0 saturated carbocycles. The number of fused-ring (bicyclic) bond motifs is 2. The molecule has 0 radical (unpaired) electrons. The predicted octanol–water partition coefficient (Wildman–Crippen LogP) is 1.76. The number of carbonyl (C=O) groups is 1. The van der Waals surface area contributed by atoms with Gasteiger partial charge in [0.1, 0.15) is 5.75 Å². The van der Waals surface area contributed by atoms with Crippen molar-refractivity contribution >= 4 is 5.91 Å². The normalized spacial score (nSPS) is 31.5. The van der Waals surface area contributed by atoms with Crippen molar-refractivity contribution in [2.24, 2.45) is 5.92 Å². The fraction of sp³-hybridized carbons (Fsp3) is 0.588. The van der Waals surface area contributed by atoms with Gasteiger partial charge in [-0.15, -0.1) is 0 Å². The monoisotopic (exact) mass is 286 g/mol. The second-order valence-electron chi connectivity index (χ2n) is 6.42. The van der Waals surface area contributed by atoms with Crippen molar-refractivity contribution in [1.82, 2.24) is 10.2 Å². The number of piperidine rings is 1. The molecule has 0 aliphatic carbocycles. The van der Waals surface area contributed by atoms with Crippen molar-refractivity contribution < 1.29 is 9.53 Å². The van der Waals surface area contributed by atoms with Gasteiger partial charge in [0.05, 0.1) is 12.5 Å². The van der Waals surface area contributed by atoms with Gasteiger partial charge in [-0.05, 0) is 37.4 Å². The second kappa shape index (κ2) is 5.34. The average Bonchev–Trinajstić information content (AvgIpc) is 2.85. The molecule has 0 spiro atoms. The van der Waals surface area contributed by atoms with E-state index >= 15 is 0 Å². The molecule has 1 aromatic carbocycles. The third kappa shape index (κ3) is 2.31. The first-order valence-corrected chi connectivity index (χ1v) is 8.07. The Balaban J connectivity index is 1.51. The molecule has 1 N–H and O–H groups in total. The summed E-state index contributed by atoms with van der Waals surface area (Å²) in [5.41, 5.74) is 1.26. The first kappa shape index (κ1) is 13.1. The minimum atomic E-state index is 0.217. The number of likely N-dealkylation sites (tertiary alicyclic amines) is 1. The number of ether oxygens (including phenoxy) is 1. The summed E-state index contributed by atoms with van der Waals surface area (Å²) in [5.74, 6) is 1.99. The highest BCUT2D eigenvalue weighted by molar-refractivity contribution is 5.82. The minimum Gasteiger partial charge on any atom is -0.493 e. The molecule has 3 aliphatic rings. The molecule has 4 rings (SSSR count). The highest BCUT2D eigenvalue weighted by Crippen LogP contribution is 2.35. The second-order valence-corrected chi connectivity index (χ2v) is 6.42. The Morgan fingerprint density at radius 2 is 2.19 bits per heavy atom. The largest absolute Gasteiger partial charge is 0.493 e. The maximum absolute atomic E-state index is 12.6. The van der Waals surface area contributed by atoms with E-state index in [4.69, 9.17) is 4.74 Å². The van der Waals surface area contributed by atoms with Crippen LogP contribution in [0.15, 0.2) is 24.3 Å². The van der Waals surface area contributed by atoms with Gasteiger partial charge in [0.2, 0.25) is 5.91 Å². The van der Waals surface area contributed by atoms with Crippen LogP contribution in [0.25, 0.3) is 0 Å². The SMILES string of the molecule is O=C1C2CCCNC2CN1CC1CCOc2ccccc21. The molecule has 4 nitrogen and oxygen atoms in total. The lowest BCUT2D eigenvalue weighted by atomic mass is 9.92. The van der Waals surface area contributed by atoms with Gasteiger partial charge in [-0.1, -0.05) is 18.2 Å². The first-order chi connectivity index (χ1) is 10.3. The molecule has 4 heteroatoms. The van der Waals surface area contributed by atoms with Crippen molar-refractivity contribution in [3.8, 4) is 5.75 Å². The van der Waals surface area contributed by atoms with Gasteiger partial charge in [0.15, 0.2) is 0 Å². The molecule has 21 heavy (non-hydrogen) atoms. The Morgan fingerprint density at radius 3 is 3.10 bits per heavy atom. The van der Waals surface area contributed by atoms with Crippen LogP contribution in [0.5, 0.6) is 5.75 Å². The van der Waals surface area contributed by atoms with Gasteiger partial charge in [-0.25, -0.2) is 0 Å². The standard InChI is InChI=1S/C17H22N2O2/c20-17-14-5-3-8-18-15(14)11-19(17)10-12-7-9-21-16-6-2-1-4-13(12)16/h1-2,4,6,12,14-15,18H,3,5,7-11H2. The summed E-state index contributed by atoms with van der Waals surface area (Å²) < 4.78 is 5.72. The van der Waals surface area contributed by atoms with Crippen LogP contribution in [0.1, 0.15) is 30.7 Å². The zero-order valence-corrected chi connectivity index (χ0v) is 12.3. The smallest absolute Gasteiger partial charge is 0.227 e. The van der Waals surface area contributed by atoms with Crippen molar-refractivity contribution in [1.29, 1.82) is 0 Å². The topological polar surface area (TPSA) is 41.6 Å². The fourth-order valence-electron chi connectivity index (χ4n) is 4.04. The summed E-state index contributed by atoms with van der Waals surface area (Å²) >= 11 is 0. The highest BCUT2D eigenvalue weighted by atomic mass is 16.5. The van der Waals surface area contributed by atoms with Crippen molar-refractivity contribution in [2.45, 2.75) is 31.2 Å². The molecule has 3 aliphatic heterocycles. The number of hydrogen-bond acceptors (Lipinski definition) is 3. The van der Waals surface area contributed by atoms with Crippen LogP contribution in [-0.4, -0.2) is 43.1 Å². The maximum Gasteiger partial charge on any atom is 0.227 e. The third-order valence-electron chi connectivity index (χ3n) is 5.15. The molecular weight excluding hydrogens is 264 g/mol. The molecule has 3 unspecified atom stereocenters. The Morgan fingerprint density at radius 1 is 1.29 bits per heavy atom. The molecule has 0 bridgehead atoms. The van der Waals surface area contributed by atoms with Gasteiger partial charge >= 0.3 is 0 Å². The molecule has 1 aromatic rings. The van der Waals surface area contributed by atoms with Gasteiger partial charge in [-0.3, -0.25) is 4.79 Å². The lowest BCUT2D eigenvalue weighted by Crippen LogP contribution is -2.41. The van der Waals surface area contributed by atoms with E-state index in [2.05, 4.69) is 22.3 Å². The van der Waals surface area contributed by atoms with E-state index in [1.165, 1.54) is 5.56 Å². The van der Waals surface area contributed by atoms with Crippen LogP contribution in [0.4, 0.5) is 0 Å². The number of nitrogens with zero attached hydrogens (tertiary/aromatic N) is 1.